The smallest absolute Gasteiger partial charge is 0.341 e. The molecular formula is C17H15NO3S3. The number of hydrogen-bond acceptors (Lipinski definition) is 6. The minimum atomic E-state index is -0.410. The summed E-state index contributed by atoms with van der Waals surface area (Å²) >= 11 is 4.32. The van der Waals surface area contributed by atoms with Crippen LogP contribution in [0.25, 0.3) is 10.4 Å². The zero-order chi connectivity index (χ0) is 17.1. The number of anilines is 1. The Kier molecular flexibility index (Phi) is 5.13. The molecule has 0 aliphatic carbocycles. The summed E-state index contributed by atoms with van der Waals surface area (Å²) in [5.74, 6) is -0.624. The van der Waals surface area contributed by atoms with E-state index in [9.17, 15) is 9.59 Å². The van der Waals surface area contributed by atoms with Gasteiger partial charge in [-0.05, 0) is 36.7 Å². The lowest BCUT2D eigenvalue weighted by atomic mass is 10.1. The third-order valence-electron chi connectivity index (χ3n) is 3.30. The van der Waals surface area contributed by atoms with Crippen LogP contribution < -0.4 is 5.32 Å². The van der Waals surface area contributed by atoms with E-state index >= 15 is 0 Å². The van der Waals surface area contributed by atoms with Gasteiger partial charge >= 0.3 is 5.97 Å². The molecule has 1 amide bonds. The van der Waals surface area contributed by atoms with Crippen molar-refractivity contribution in [3.8, 4) is 10.4 Å². The van der Waals surface area contributed by atoms with E-state index in [0.717, 1.165) is 15.3 Å². The monoisotopic (exact) mass is 377 g/mol. The first-order valence-corrected chi connectivity index (χ1v) is 9.88. The molecule has 3 heterocycles. The molecular weight excluding hydrogens is 362 g/mol. The maximum Gasteiger partial charge on any atom is 0.341 e. The summed E-state index contributed by atoms with van der Waals surface area (Å²) in [4.78, 5) is 27.4. The summed E-state index contributed by atoms with van der Waals surface area (Å²) in [6.45, 7) is 4.00. The summed E-state index contributed by atoms with van der Waals surface area (Å²) in [6.07, 6.45) is 0. The Balaban J connectivity index is 2.04. The van der Waals surface area contributed by atoms with Crippen LogP contribution in [-0.2, 0) is 4.74 Å². The van der Waals surface area contributed by atoms with Gasteiger partial charge in [0.2, 0.25) is 0 Å². The highest BCUT2D eigenvalue weighted by atomic mass is 32.1. The number of nitrogens with one attached hydrogen (secondary N) is 1. The van der Waals surface area contributed by atoms with E-state index < -0.39 is 5.97 Å². The van der Waals surface area contributed by atoms with Gasteiger partial charge in [-0.3, -0.25) is 4.79 Å². The van der Waals surface area contributed by atoms with Gasteiger partial charge in [0.25, 0.3) is 5.91 Å². The molecule has 0 aliphatic rings. The normalized spacial score (nSPS) is 10.6. The maximum atomic E-state index is 12.5. The molecule has 24 heavy (non-hydrogen) atoms. The first-order chi connectivity index (χ1) is 11.6. The van der Waals surface area contributed by atoms with Crippen molar-refractivity contribution in [1.82, 2.24) is 0 Å². The number of carbonyl (C=O) groups excluding carboxylic acids is 2. The molecule has 3 rings (SSSR count). The quantitative estimate of drug-likeness (QED) is 0.616. The molecule has 0 unspecified atom stereocenters. The summed E-state index contributed by atoms with van der Waals surface area (Å²) in [5.41, 5.74) is 1.28. The summed E-state index contributed by atoms with van der Waals surface area (Å²) in [6, 6.07) is 7.48. The van der Waals surface area contributed by atoms with Gasteiger partial charge in [0.05, 0.1) is 11.5 Å². The Morgan fingerprint density at radius 2 is 1.92 bits per heavy atom. The molecule has 0 saturated carbocycles. The summed E-state index contributed by atoms with van der Waals surface area (Å²) < 4.78 is 5.22. The Hall–Kier alpha value is -1.96. The van der Waals surface area contributed by atoms with Crippen LogP contribution in [0.3, 0.4) is 0 Å². The van der Waals surface area contributed by atoms with E-state index in [-0.39, 0.29) is 12.5 Å². The third kappa shape index (κ3) is 3.28. The van der Waals surface area contributed by atoms with Crippen molar-refractivity contribution in [1.29, 1.82) is 0 Å². The van der Waals surface area contributed by atoms with Gasteiger partial charge in [0.15, 0.2) is 0 Å². The van der Waals surface area contributed by atoms with Gasteiger partial charge in [-0.1, -0.05) is 12.1 Å². The number of aryl methyl sites for hydroxylation is 1. The second-order valence-electron chi connectivity index (χ2n) is 4.87. The Labute approximate surface area is 151 Å². The fourth-order valence-corrected chi connectivity index (χ4v) is 4.89. The van der Waals surface area contributed by atoms with Crippen molar-refractivity contribution in [2.24, 2.45) is 0 Å². The molecule has 0 radical (unpaired) electrons. The number of carbonyl (C=O) groups is 2. The highest BCUT2D eigenvalue weighted by Crippen LogP contribution is 2.42. The molecule has 0 bridgehead atoms. The predicted molar refractivity (Wildman–Crippen MR) is 101 cm³/mol. The number of ether oxygens (including phenoxy) is 1. The Morgan fingerprint density at radius 1 is 1.17 bits per heavy atom. The van der Waals surface area contributed by atoms with Crippen LogP contribution >= 0.6 is 34.0 Å². The molecule has 0 spiro atoms. The van der Waals surface area contributed by atoms with Crippen molar-refractivity contribution in [2.45, 2.75) is 13.8 Å². The molecule has 1 N–H and O–H groups in total. The number of esters is 1. The zero-order valence-corrected chi connectivity index (χ0v) is 15.6. The number of amides is 1. The second-order valence-corrected chi connectivity index (χ2v) is 7.99. The van der Waals surface area contributed by atoms with Crippen molar-refractivity contribution in [2.75, 3.05) is 11.9 Å². The number of hydrogen-bond donors (Lipinski definition) is 1. The SMILES string of the molecule is CCOC(=O)c1c(NC(=O)c2cccs2)sc(C)c1-c1cccs1. The summed E-state index contributed by atoms with van der Waals surface area (Å²) in [7, 11) is 0. The number of rotatable bonds is 5. The van der Waals surface area contributed by atoms with Crippen LogP contribution in [0.4, 0.5) is 5.00 Å². The lowest BCUT2D eigenvalue weighted by Crippen LogP contribution is -2.13. The van der Waals surface area contributed by atoms with Crippen molar-refractivity contribution in [3.05, 3.63) is 50.3 Å². The molecule has 0 fully saturated rings. The molecule has 0 aliphatic heterocycles. The average Bonchev–Trinajstić information content (AvgIpc) is 3.28. The van der Waals surface area contributed by atoms with Gasteiger partial charge < -0.3 is 10.1 Å². The van der Waals surface area contributed by atoms with Crippen molar-refractivity contribution < 1.29 is 14.3 Å². The zero-order valence-electron chi connectivity index (χ0n) is 13.1. The van der Waals surface area contributed by atoms with Crippen LogP contribution in [-0.4, -0.2) is 18.5 Å². The van der Waals surface area contributed by atoms with E-state index in [1.807, 2.05) is 35.9 Å². The van der Waals surface area contributed by atoms with Gasteiger partial charge in [-0.25, -0.2) is 4.79 Å². The third-order valence-corrected chi connectivity index (χ3v) is 6.08. The fourth-order valence-electron chi connectivity index (χ4n) is 2.32. The van der Waals surface area contributed by atoms with Crippen LogP contribution in [0, 0.1) is 6.92 Å². The van der Waals surface area contributed by atoms with E-state index in [4.69, 9.17) is 4.74 Å². The van der Waals surface area contributed by atoms with Gasteiger partial charge in [0, 0.05) is 15.3 Å². The molecule has 4 nitrogen and oxygen atoms in total. The summed E-state index contributed by atoms with van der Waals surface area (Å²) in [5, 5.41) is 7.21. The minimum absolute atomic E-state index is 0.213. The van der Waals surface area contributed by atoms with E-state index in [1.54, 1.807) is 24.3 Å². The average molecular weight is 378 g/mol. The molecule has 0 aromatic carbocycles. The van der Waals surface area contributed by atoms with Crippen LogP contribution in [0.1, 0.15) is 31.8 Å². The lowest BCUT2D eigenvalue weighted by molar-refractivity contribution is 0.0529. The molecule has 3 aromatic heterocycles. The van der Waals surface area contributed by atoms with E-state index in [0.29, 0.717) is 15.4 Å². The van der Waals surface area contributed by atoms with Crippen LogP contribution in [0.15, 0.2) is 35.0 Å². The Bertz CT molecular complexity index is 848. The topological polar surface area (TPSA) is 55.4 Å². The number of thiophene rings is 3. The molecule has 0 atom stereocenters. The Morgan fingerprint density at radius 3 is 2.54 bits per heavy atom. The lowest BCUT2D eigenvalue weighted by Gasteiger charge is -2.07. The predicted octanol–water partition coefficient (Wildman–Crippen LogP) is 5.28. The highest BCUT2D eigenvalue weighted by molar-refractivity contribution is 7.18. The minimum Gasteiger partial charge on any atom is -0.462 e. The molecule has 3 aromatic rings. The first kappa shape index (κ1) is 16.9. The standard InChI is InChI=1S/C17H15NO3S3/c1-3-21-17(20)14-13(11-6-4-8-22-11)10(2)24-16(14)18-15(19)12-7-5-9-23-12/h4-9H,3H2,1-2H3,(H,18,19). The second kappa shape index (κ2) is 7.29. The fraction of sp³-hybridized carbons (Fsp3) is 0.176. The molecule has 7 heteroatoms. The first-order valence-electron chi connectivity index (χ1n) is 7.31. The molecule has 0 saturated heterocycles. The highest BCUT2D eigenvalue weighted by Gasteiger charge is 2.26. The molecule has 124 valence electrons. The largest absolute Gasteiger partial charge is 0.462 e. The van der Waals surface area contributed by atoms with Crippen molar-refractivity contribution in [3.63, 3.8) is 0 Å². The van der Waals surface area contributed by atoms with Gasteiger partial charge in [-0.15, -0.1) is 34.0 Å². The van der Waals surface area contributed by atoms with E-state index in [1.165, 1.54) is 22.7 Å². The van der Waals surface area contributed by atoms with Gasteiger partial charge in [0.1, 0.15) is 10.6 Å². The van der Waals surface area contributed by atoms with E-state index in [2.05, 4.69) is 5.32 Å². The van der Waals surface area contributed by atoms with Crippen molar-refractivity contribution >= 4 is 50.9 Å². The maximum absolute atomic E-state index is 12.5. The van der Waals surface area contributed by atoms with Gasteiger partial charge in [-0.2, -0.15) is 0 Å². The van der Waals surface area contributed by atoms with Crippen LogP contribution in [0.5, 0.6) is 0 Å². The van der Waals surface area contributed by atoms with Crippen LogP contribution in [0.2, 0.25) is 0 Å².